The van der Waals surface area contributed by atoms with Crippen molar-refractivity contribution < 1.29 is 13.9 Å². The zero-order valence-corrected chi connectivity index (χ0v) is 19.3. The van der Waals surface area contributed by atoms with Gasteiger partial charge in [0, 0.05) is 22.6 Å². The fourth-order valence-corrected chi connectivity index (χ4v) is 4.42. The molecule has 0 aliphatic heterocycles. The third-order valence-corrected chi connectivity index (χ3v) is 6.19. The van der Waals surface area contributed by atoms with Gasteiger partial charge in [0.15, 0.2) is 11.6 Å². The van der Waals surface area contributed by atoms with Crippen LogP contribution in [0.15, 0.2) is 59.0 Å². The number of anilines is 1. The number of rotatable bonds is 6. The highest BCUT2D eigenvalue weighted by atomic mass is 35.5. The van der Waals surface area contributed by atoms with Crippen LogP contribution in [0.25, 0.3) is 26.9 Å². The molecule has 0 aliphatic rings. The van der Waals surface area contributed by atoms with Crippen molar-refractivity contribution in [2.24, 2.45) is 0 Å². The average molecular weight is 480 g/mol. The third-order valence-electron chi connectivity index (χ3n) is 5.01. The molecule has 166 valence electrons. The molecule has 33 heavy (non-hydrogen) atoms. The van der Waals surface area contributed by atoms with Crippen LogP contribution in [0.5, 0.6) is 5.75 Å². The van der Waals surface area contributed by atoms with Crippen LogP contribution in [0.2, 0.25) is 5.02 Å². The lowest BCUT2D eigenvalue weighted by Gasteiger charge is -2.10. The van der Waals surface area contributed by atoms with E-state index < -0.39 is 5.91 Å². The smallest absolute Gasteiger partial charge is 0.291 e. The minimum Gasteiger partial charge on any atom is -0.495 e. The van der Waals surface area contributed by atoms with Gasteiger partial charge >= 0.3 is 0 Å². The number of nitrogens with zero attached hydrogens (tertiary/aromatic N) is 4. The zero-order chi connectivity index (χ0) is 22.9. The Balaban J connectivity index is 1.43. The van der Waals surface area contributed by atoms with Gasteiger partial charge < -0.3 is 14.5 Å². The average Bonchev–Trinajstić information content (AvgIpc) is 3.55. The summed E-state index contributed by atoms with van der Waals surface area (Å²) in [6, 6.07) is 16.1. The molecular weight excluding hydrogens is 462 g/mol. The van der Waals surface area contributed by atoms with E-state index in [0.717, 1.165) is 28.4 Å². The molecule has 0 radical (unpaired) electrons. The second kappa shape index (κ2) is 8.68. The number of methoxy groups -OCH3 is 1. The highest BCUT2D eigenvalue weighted by Crippen LogP contribution is 2.33. The number of furan rings is 1. The number of halogens is 1. The van der Waals surface area contributed by atoms with Crippen molar-refractivity contribution in [3.05, 3.63) is 71.2 Å². The highest BCUT2D eigenvalue weighted by Gasteiger charge is 2.17. The number of aromatic nitrogens is 4. The molecule has 3 heterocycles. The van der Waals surface area contributed by atoms with Crippen LogP contribution in [0, 0.1) is 0 Å². The number of aryl methyl sites for hydroxylation is 1. The molecule has 1 amide bonds. The number of fused-ring (bicyclic) bond motifs is 1. The molecule has 0 aliphatic carbocycles. The summed E-state index contributed by atoms with van der Waals surface area (Å²) in [6.45, 7) is 2.00. The monoisotopic (exact) mass is 479 g/mol. The zero-order valence-electron chi connectivity index (χ0n) is 17.7. The number of amides is 1. The van der Waals surface area contributed by atoms with Crippen molar-refractivity contribution in [1.29, 1.82) is 0 Å². The van der Waals surface area contributed by atoms with Gasteiger partial charge in [0.25, 0.3) is 5.91 Å². The van der Waals surface area contributed by atoms with Crippen molar-refractivity contribution in [2.45, 2.75) is 13.3 Å². The van der Waals surface area contributed by atoms with Gasteiger partial charge in [0.2, 0.25) is 4.96 Å². The first-order valence-corrected chi connectivity index (χ1v) is 11.3. The Bertz CT molecular complexity index is 1470. The van der Waals surface area contributed by atoms with E-state index in [1.54, 1.807) is 42.0 Å². The van der Waals surface area contributed by atoms with Crippen molar-refractivity contribution >= 4 is 39.5 Å². The van der Waals surface area contributed by atoms with Gasteiger partial charge in [-0.2, -0.15) is 9.61 Å². The predicted octanol–water partition coefficient (Wildman–Crippen LogP) is 5.59. The fraction of sp³-hybridized carbons (Fsp3) is 0.130. The first kappa shape index (κ1) is 21.2. The number of benzene rings is 2. The molecule has 3 aromatic heterocycles. The van der Waals surface area contributed by atoms with Gasteiger partial charge in [-0.15, -0.1) is 10.2 Å². The minimum atomic E-state index is -0.398. The minimum absolute atomic E-state index is 0.170. The van der Waals surface area contributed by atoms with E-state index in [1.807, 2.05) is 31.2 Å². The molecule has 0 saturated carbocycles. The number of nitrogens with one attached hydrogen (secondary N) is 1. The molecule has 0 saturated heterocycles. The van der Waals surface area contributed by atoms with Gasteiger partial charge in [-0.1, -0.05) is 42.0 Å². The van der Waals surface area contributed by atoms with Gasteiger partial charge in [-0.3, -0.25) is 4.79 Å². The standard InChI is InChI=1S/C23H18ClN5O3S/c1-3-20-26-27-23-29(20)28-22(33-23)14-7-8-18(31-2)16(12-14)25-21(30)19-10-9-17(32-19)13-5-4-6-15(24)11-13/h4-12H,3H2,1-2H3,(H,25,30). The van der Waals surface area contributed by atoms with Crippen LogP contribution >= 0.6 is 22.9 Å². The molecule has 0 spiro atoms. The number of hydrogen-bond donors (Lipinski definition) is 1. The molecule has 0 bridgehead atoms. The predicted molar refractivity (Wildman–Crippen MR) is 127 cm³/mol. The van der Waals surface area contributed by atoms with E-state index in [0.29, 0.717) is 27.2 Å². The summed E-state index contributed by atoms with van der Waals surface area (Å²) in [6.07, 6.45) is 0.731. The maximum atomic E-state index is 12.9. The van der Waals surface area contributed by atoms with Crippen LogP contribution < -0.4 is 10.1 Å². The normalized spacial score (nSPS) is 11.1. The number of hydrogen-bond acceptors (Lipinski definition) is 7. The molecule has 1 N–H and O–H groups in total. The van der Waals surface area contributed by atoms with E-state index in [4.69, 9.17) is 20.8 Å². The second-order valence-electron chi connectivity index (χ2n) is 7.11. The van der Waals surface area contributed by atoms with E-state index >= 15 is 0 Å². The Hall–Kier alpha value is -3.69. The largest absolute Gasteiger partial charge is 0.495 e. The molecular formula is C23H18ClN5O3S. The molecule has 8 nitrogen and oxygen atoms in total. The summed E-state index contributed by atoms with van der Waals surface area (Å²) in [5.74, 6) is 1.64. The maximum absolute atomic E-state index is 12.9. The highest BCUT2D eigenvalue weighted by molar-refractivity contribution is 7.19. The summed E-state index contributed by atoms with van der Waals surface area (Å²) in [4.78, 5) is 13.6. The summed E-state index contributed by atoms with van der Waals surface area (Å²) >= 11 is 7.48. The van der Waals surface area contributed by atoms with Crippen molar-refractivity contribution in [3.8, 4) is 27.6 Å². The van der Waals surface area contributed by atoms with E-state index in [-0.39, 0.29) is 5.76 Å². The first-order chi connectivity index (χ1) is 16.1. The molecule has 5 aromatic rings. The molecule has 0 atom stereocenters. The number of ether oxygens (including phenoxy) is 1. The molecule has 0 unspecified atom stereocenters. The lowest BCUT2D eigenvalue weighted by atomic mass is 10.2. The summed E-state index contributed by atoms with van der Waals surface area (Å²) in [5, 5.41) is 17.1. The third kappa shape index (κ3) is 4.08. The van der Waals surface area contributed by atoms with Crippen molar-refractivity contribution in [1.82, 2.24) is 19.8 Å². The quantitative estimate of drug-likeness (QED) is 0.341. The lowest BCUT2D eigenvalue weighted by molar-refractivity contribution is 0.0997. The molecule has 2 aromatic carbocycles. The Morgan fingerprint density at radius 1 is 1.15 bits per heavy atom. The Morgan fingerprint density at radius 3 is 2.82 bits per heavy atom. The van der Waals surface area contributed by atoms with E-state index in [1.165, 1.54) is 11.3 Å². The van der Waals surface area contributed by atoms with E-state index in [9.17, 15) is 4.79 Å². The van der Waals surface area contributed by atoms with Crippen LogP contribution in [0.3, 0.4) is 0 Å². The Morgan fingerprint density at radius 2 is 2.03 bits per heavy atom. The van der Waals surface area contributed by atoms with Gasteiger partial charge in [0.1, 0.15) is 16.5 Å². The second-order valence-corrected chi connectivity index (χ2v) is 8.51. The van der Waals surface area contributed by atoms with Gasteiger partial charge in [0.05, 0.1) is 12.8 Å². The topological polar surface area (TPSA) is 94.6 Å². The van der Waals surface area contributed by atoms with Gasteiger partial charge in [-0.25, -0.2) is 0 Å². The molecule has 5 rings (SSSR count). The van der Waals surface area contributed by atoms with Crippen LogP contribution in [0.1, 0.15) is 23.3 Å². The summed E-state index contributed by atoms with van der Waals surface area (Å²) in [7, 11) is 1.55. The van der Waals surface area contributed by atoms with Crippen molar-refractivity contribution in [3.63, 3.8) is 0 Å². The van der Waals surface area contributed by atoms with E-state index in [2.05, 4.69) is 20.6 Å². The summed E-state index contributed by atoms with van der Waals surface area (Å²) < 4.78 is 12.9. The lowest BCUT2D eigenvalue weighted by Crippen LogP contribution is -2.11. The van der Waals surface area contributed by atoms with Crippen LogP contribution in [-0.4, -0.2) is 32.8 Å². The first-order valence-electron chi connectivity index (χ1n) is 10.1. The number of carbonyl (C=O) groups excluding carboxylic acids is 1. The van der Waals surface area contributed by atoms with Crippen LogP contribution in [0.4, 0.5) is 5.69 Å². The molecule has 10 heteroatoms. The van der Waals surface area contributed by atoms with Gasteiger partial charge in [-0.05, 0) is 42.5 Å². The van der Waals surface area contributed by atoms with Crippen LogP contribution in [-0.2, 0) is 6.42 Å². The maximum Gasteiger partial charge on any atom is 0.291 e. The summed E-state index contributed by atoms with van der Waals surface area (Å²) in [5.41, 5.74) is 2.11. The number of carbonyl (C=O) groups is 1. The Labute approximate surface area is 197 Å². The Kier molecular flexibility index (Phi) is 5.57. The fourth-order valence-electron chi connectivity index (χ4n) is 3.37. The van der Waals surface area contributed by atoms with Crippen molar-refractivity contribution in [2.75, 3.05) is 12.4 Å². The molecule has 0 fully saturated rings. The SMILES string of the molecule is CCc1nnc2sc(-c3ccc(OC)c(NC(=O)c4ccc(-c5cccc(Cl)c5)o4)c3)nn12.